The van der Waals surface area contributed by atoms with Crippen molar-refractivity contribution in [3.05, 3.63) is 18.1 Å². The topological polar surface area (TPSA) is 108 Å². The summed E-state index contributed by atoms with van der Waals surface area (Å²) in [6, 6.07) is 0. The summed E-state index contributed by atoms with van der Waals surface area (Å²) < 4.78 is 0. The van der Waals surface area contributed by atoms with Crippen molar-refractivity contribution in [2.45, 2.75) is 19.3 Å². The molecule has 0 amide bonds. The summed E-state index contributed by atoms with van der Waals surface area (Å²) in [4.78, 5) is 10.1. The normalized spacial score (nSPS) is 11.6. The van der Waals surface area contributed by atoms with Gasteiger partial charge in [0.1, 0.15) is 0 Å². The number of hydrogen-bond donors (Lipinski definition) is 3. The predicted molar refractivity (Wildman–Crippen MR) is 68.7 cm³/mol. The molecular formula is C11H19N5O2. The number of amidine groups is 1. The summed E-state index contributed by atoms with van der Waals surface area (Å²) in [7, 11) is 1.87. The molecule has 0 saturated heterocycles. The Morgan fingerprint density at radius 3 is 2.72 bits per heavy atom. The van der Waals surface area contributed by atoms with Crippen LogP contribution in [0.5, 0.6) is 0 Å². The van der Waals surface area contributed by atoms with Gasteiger partial charge in [0.2, 0.25) is 0 Å². The van der Waals surface area contributed by atoms with Crippen LogP contribution in [0.25, 0.3) is 0 Å². The van der Waals surface area contributed by atoms with E-state index < -0.39 is 0 Å². The molecule has 7 nitrogen and oxygen atoms in total. The first-order valence-electron chi connectivity index (χ1n) is 5.81. The predicted octanol–water partition coefficient (Wildman–Crippen LogP) is 0.170. The van der Waals surface area contributed by atoms with Crippen molar-refractivity contribution in [1.82, 2.24) is 9.97 Å². The van der Waals surface area contributed by atoms with E-state index in [0.717, 1.165) is 25.8 Å². The lowest BCUT2D eigenvalue weighted by Crippen LogP contribution is -2.26. The van der Waals surface area contributed by atoms with Gasteiger partial charge in [-0.3, -0.25) is 0 Å². The fraction of sp³-hybridized carbons (Fsp3) is 0.545. The second kappa shape index (κ2) is 7.44. The molecular weight excluding hydrogens is 234 g/mol. The van der Waals surface area contributed by atoms with Crippen molar-refractivity contribution < 1.29 is 10.3 Å². The lowest BCUT2D eigenvalue weighted by molar-refractivity contribution is 0.283. The number of rotatable bonds is 7. The molecule has 100 valence electrons. The molecule has 0 unspecified atom stereocenters. The summed E-state index contributed by atoms with van der Waals surface area (Å²) in [5.41, 5.74) is 5.91. The minimum absolute atomic E-state index is 0.0553. The zero-order valence-corrected chi connectivity index (χ0v) is 10.5. The van der Waals surface area contributed by atoms with Gasteiger partial charge in [0.05, 0.1) is 0 Å². The van der Waals surface area contributed by atoms with Crippen molar-refractivity contribution in [2.75, 3.05) is 25.1 Å². The average Bonchev–Trinajstić information content (AvgIpc) is 2.42. The molecule has 0 bridgehead atoms. The summed E-state index contributed by atoms with van der Waals surface area (Å²) in [5.74, 6) is 0.525. The van der Waals surface area contributed by atoms with E-state index in [1.54, 1.807) is 6.20 Å². The van der Waals surface area contributed by atoms with Gasteiger partial charge in [-0.1, -0.05) is 5.16 Å². The third kappa shape index (κ3) is 3.85. The molecule has 1 aromatic rings. The molecule has 1 aromatic heterocycles. The SMILES string of the molecule is CN(CCCCCO)c1nccnc1C(N)=NO. The molecule has 0 aromatic carbocycles. The zero-order valence-electron chi connectivity index (χ0n) is 10.5. The number of aliphatic hydroxyl groups is 1. The fourth-order valence-electron chi connectivity index (χ4n) is 1.58. The van der Waals surface area contributed by atoms with E-state index in [2.05, 4.69) is 15.1 Å². The van der Waals surface area contributed by atoms with E-state index in [4.69, 9.17) is 16.0 Å². The highest BCUT2D eigenvalue weighted by atomic mass is 16.4. The Hall–Kier alpha value is -1.89. The second-order valence-corrected chi connectivity index (χ2v) is 3.92. The van der Waals surface area contributed by atoms with Crippen LogP contribution in [0.15, 0.2) is 17.5 Å². The first-order chi connectivity index (χ1) is 8.70. The molecule has 0 radical (unpaired) electrons. The van der Waals surface area contributed by atoms with Crippen LogP contribution in [0.4, 0.5) is 5.82 Å². The van der Waals surface area contributed by atoms with Crippen molar-refractivity contribution in [3.63, 3.8) is 0 Å². The van der Waals surface area contributed by atoms with Gasteiger partial charge in [0, 0.05) is 32.6 Å². The lowest BCUT2D eigenvalue weighted by Gasteiger charge is -2.19. The quantitative estimate of drug-likeness (QED) is 0.210. The molecule has 18 heavy (non-hydrogen) atoms. The molecule has 0 aliphatic rings. The molecule has 0 spiro atoms. The summed E-state index contributed by atoms with van der Waals surface area (Å²) in [6.07, 6.45) is 5.73. The Balaban J connectivity index is 2.70. The van der Waals surface area contributed by atoms with Gasteiger partial charge in [-0.2, -0.15) is 0 Å². The molecule has 0 aliphatic carbocycles. The first kappa shape index (κ1) is 14.2. The number of aromatic nitrogens is 2. The van der Waals surface area contributed by atoms with Crippen molar-refractivity contribution in [3.8, 4) is 0 Å². The maximum Gasteiger partial charge on any atom is 0.192 e. The number of oxime groups is 1. The number of nitrogens with two attached hydrogens (primary N) is 1. The van der Waals surface area contributed by atoms with Crippen molar-refractivity contribution in [2.24, 2.45) is 10.9 Å². The first-order valence-corrected chi connectivity index (χ1v) is 5.81. The van der Waals surface area contributed by atoms with E-state index in [1.165, 1.54) is 6.20 Å². The van der Waals surface area contributed by atoms with Crippen LogP contribution in [0.3, 0.4) is 0 Å². The van der Waals surface area contributed by atoms with Crippen molar-refractivity contribution in [1.29, 1.82) is 0 Å². The Morgan fingerprint density at radius 2 is 2.06 bits per heavy atom. The third-order valence-electron chi connectivity index (χ3n) is 2.54. The van der Waals surface area contributed by atoms with Crippen LogP contribution in [-0.4, -0.2) is 46.3 Å². The van der Waals surface area contributed by atoms with Crippen molar-refractivity contribution >= 4 is 11.7 Å². The van der Waals surface area contributed by atoms with Crippen LogP contribution in [0.2, 0.25) is 0 Å². The maximum absolute atomic E-state index is 8.70. The monoisotopic (exact) mass is 253 g/mol. The van der Waals surface area contributed by atoms with Gasteiger partial charge < -0.3 is 20.9 Å². The highest BCUT2D eigenvalue weighted by Crippen LogP contribution is 2.13. The molecule has 0 fully saturated rings. The smallest absolute Gasteiger partial charge is 0.192 e. The van der Waals surface area contributed by atoms with E-state index in [-0.39, 0.29) is 12.4 Å². The second-order valence-electron chi connectivity index (χ2n) is 3.92. The van der Waals surface area contributed by atoms with E-state index in [1.807, 2.05) is 11.9 Å². The number of anilines is 1. The van der Waals surface area contributed by atoms with E-state index in [0.29, 0.717) is 11.5 Å². The van der Waals surface area contributed by atoms with Gasteiger partial charge in [0.15, 0.2) is 17.3 Å². The fourth-order valence-corrected chi connectivity index (χ4v) is 1.58. The molecule has 7 heteroatoms. The van der Waals surface area contributed by atoms with E-state index >= 15 is 0 Å². The highest BCUT2D eigenvalue weighted by molar-refractivity contribution is 5.99. The molecule has 1 heterocycles. The summed E-state index contributed by atoms with van der Waals surface area (Å²) in [5, 5.41) is 20.3. The summed E-state index contributed by atoms with van der Waals surface area (Å²) >= 11 is 0. The van der Waals surface area contributed by atoms with Crippen LogP contribution in [-0.2, 0) is 0 Å². The number of nitrogens with zero attached hydrogens (tertiary/aromatic N) is 4. The Morgan fingerprint density at radius 1 is 1.33 bits per heavy atom. The lowest BCUT2D eigenvalue weighted by atomic mass is 10.2. The van der Waals surface area contributed by atoms with Gasteiger partial charge in [-0.15, -0.1) is 0 Å². The number of hydrogen-bond acceptors (Lipinski definition) is 6. The van der Waals surface area contributed by atoms with Crippen LogP contribution < -0.4 is 10.6 Å². The molecule has 4 N–H and O–H groups in total. The Kier molecular flexibility index (Phi) is 5.86. The molecule has 1 rings (SSSR count). The molecule has 0 atom stereocenters. The van der Waals surface area contributed by atoms with Gasteiger partial charge in [-0.25, -0.2) is 9.97 Å². The van der Waals surface area contributed by atoms with Gasteiger partial charge >= 0.3 is 0 Å². The highest BCUT2D eigenvalue weighted by Gasteiger charge is 2.13. The van der Waals surface area contributed by atoms with Crippen LogP contribution in [0.1, 0.15) is 25.0 Å². The number of aliphatic hydroxyl groups excluding tert-OH is 1. The molecule has 0 aliphatic heterocycles. The minimum Gasteiger partial charge on any atom is -0.409 e. The summed E-state index contributed by atoms with van der Waals surface area (Å²) in [6.45, 7) is 0.981. The van der Waals surface area contributed by atoms with Crippen LogP contribution >= 0.6 is 0 Å². The van der Waals surface area contributed by atoms with E-state index in [9.17, 15) is 0 Å². The number of unbranched alkanes of at least 4 members (excludes halogenated alkanes) is 2. The molecule has 0 saturated carbocycles. The van der Waals surface area contributed by atoms with Gasteiger partial charge in [-0.05, 0) is 19.3 Å². The van der Waals surface area contributed by atoms with Crippen LogP contribution in [0, 0.1) is 0 Å². The third-order valence-corrected chi connectivity index (χ3v) is 2.54. The Labute approximate surface area is 106 Å². The zero-order chi connectivity index (χ0) is 13.4. The Bertz CT molecular complexity index is 397. The minimum atomic E-state index is -0.0553. The van der Waals surface area contributed by atoms with Gasteiger partial charge in [0.25, 0.3) is 0 Å². The largest absolute Gasteiger partial charge is 0.409 e. The average molecular weight is 253 g/mol. The standard InChI is InChI=1S/C11H19N5O2/c1-16(7-3-2-4-8-17)11-9(10(12)15-18)13-5-6-14-11/h5-6,17-18H,2-4,7-8H2,1H3,(H2,12,15). The maximum atomic E-state index is 8.70.